The lowest BCUT2D eigenvalue weighted by Crippen LogP contribution is -1.97. The van der Waals surface area contributed by atoms with Crippen LogP contribution >= 0.6 is 0 Å². The minimum atomic E-state index is -0.0479. The summed E-state index contributed by atoms with van der Waals surface area (Å²) >= 11 is 0. The van der Waals surface area contributed by atoms with Crippen molar-refractivity contribution < 1.29 is 0 Å². The molecule has 0 fully saturated rings. The molecular weight excluding hydrogens is 250 g/mol. The van der Waals surface area contributed by atoms with E-state index in [1.807, 2.05) is 12.1 Å². The Balaban J connectivity index is 3.68. The van der Waals surface area contributed by atoms with Crippen LogP contribution in [0.4, 0.5) is 0 Å². The summed E-state index contributed by atoms with van der Waals surface area (Å²) in [6.07, 6.45) is 1.53. The Bertz CT molecular complexity index is 671. The van der Waals surface area contributed by atoms with Gasteiger partial charge in [-0.25, -0.2) is 0 Å². The molecule has 0 saturated heterocycles. The number of nitrogens with zero attached hydrogens (tertiary/aromatic N) is 5. The van der Waals surface area contributed by atoms with E-state index in [0.717, 1.165) is 0 Å². The van der Waals surface area contributed by atoms with E-state index in [-0.39, 0.29) is 11.1 Å². The summed E-state index contributed by atoms with van der Waals surface area (Å²) in [6, 6.07) is 10.6. The van der Waals surface area contributed by atoms with Crippen LogP contribution in [0.1, 0.15) is 25.1 Å². The van der Waals surface area contributed by atoms with Gasteiger partial charge in [0.15, 0.2) is 0 Å². The van der Waals surface area contributed by atoms with E-state index < -0.39 is 0 Å². The van der Waals surface area contributed by atoms with Crippen molar-refractivity contribution in [3.63, 3.8) is 0 Å². The standard InChI is InChI=1S/C15H9N5/c1-10(12(6-16)7-17)14-4-3-5-20-15(14)11(2)13(8-18)9-19/h3-5H,1-2H3. The van der Waals surface area contributed by atoms with Gasteiger partial charge in [0.25, 0.3) is 0 Å². The van der Waals surface area contributed by atoms with Crippen LogP contribution in [-0.4, -0.2) is 4.98 Å². The third-order valence-corrected chi connectivity index (χ3v) is 2.76. The number of hydrogen-bond acceptors (Lipinski definition) is 5. The molecule has 0 aromatic carbocycles. The first-order valence-corrected chi connectivity index (χ1v) is 5.58. The fourth-order valence-electron chi connectivity index (χ4n) is 1.65. The number of rotatable bonds is 2. The van der Waals surface area contributed by atoms with Crippen molar-refractivity contribution in [3.8, 4) is 24.3 Å². The van der Waals surface area contributed by atoms with Crippen molar-refractivity contribution >= 4 is 11.1 Å². The van der Waals surface area contributed by atoms with Crippen LogP contribution < -0.4 is 0 Å². The molecule has 0 bridgehead atoms. The average molecular weight is 259 g/mol. The first-order chi connectivity index (χ1) is 9.60. The second kappa shape index (κ2) is 6.50. The zero-order chi connectivity index (χ0) is 15.1. The van der Waals surface area contributed by atoms with Gasteiger partial charge in [0.1, 0.15) is 35.4 Å². The molecule has 0 radical (unpaired) electrons. The molecule has 1 aromatic rings. The first kappa shape index (κ1) is 14.7. The zero-order valence-electron chi connectivity index (χ0n) is 11.0. The second-order valence-corrected chi connectivity index (χ2v) is 3.85. The van der Waals surface area contributed by atoms with Gasteiger partial charge in [0.05, 0.1) is 5.69 Å². The smallest absolute Gasteiger partial charge is 0.134 e. The van der Waals surface area contributed by atoms with E-state index in [4.69, 9.17) is 21.0 Å². The van der Waals surface area contributed by atoms with Crippen molar-refractivity contribution in [2.24, 2.45) is 0 Å². The summed E-state index contributed by atoms with van der Waals surface area (Å²) in [6.45, 7) is 3.24. The Hall–Kier alpha value is -3.41. The molecular formula is C15H9N5. The Morgan fingerprint density at radius 1 is 0.900 bits per heavy atom. The van der Waals surface area contributed by atoms with Gasteiger partial charge in [0, 0.05) is 17.3 Å². The molecule has 20 heavy (non-hydrogen) atoms. The van der Waals surface area contributed by atoms with Gasteiger partial charge in [-0.1, -0.05) is 6.07 Å². The van der Waals surface area contributed by atoms with Crippen molar-refractivity contribution in [1.82, 2.24) is 4.98 Å². The van der Waals surface area contributed by atoms with E-state index in [1.165, 1.54) is 6.20 Å². The minimum absolute atomic E-state index is 0.0254. The van der Waals surface area contributed by atoms with Crippen molar-refractivity contribution in [2.75, 3.05) is 0 Å². The van der Waals surface area contributed by atoms with Crippen molar-refractivity contribution in [3.05, 3.63) is 40.7 Å². The maximum atomic E-state index is 8.92. The van der Waals surface area contributed by atoms with Gasteiger partial charge in [-0.2, -0.15) is 21.0 Å². The molecule has 5 nitrogen and oxygen atoms in total. The highest BCUT2D eigenvalue weighted by atomic mass is 14.7. The van der Waals surface area contributed by atoms with Crippen molar-refractivity contribution in [2.45, 2.75) is 13.8 Å². The first-order valence-electron chi connectivity index (χ1n) is 5.58. The summed E-state index contributed by atoms with van der Waals surface area (Å²) in [5.74, 6) is 0. The van der Waals surface area contributed by atoms with Gasteiger partial charge >= 0.3 is 0 Å². The highest BCUT2D eigenvalue weighted by Gasteiger charge is 2.14. The van der Waals surface area contributed by atoms with Crippen molar-refractivity contribution in [1.29, 1.82) is 21.0 Å². The zero-order valence-corrected chi connectivity index (χ0v) is 11.0. The number of nitriles is 4. The molecule has 0 unspecified atom stereocenters. The summed E-state index contributed by atoms with van der Waals surface area (Å²) in [5.41, 5.74) is 1.79. The quantitative estimate of drug-likeness (QED) is 0.758. The third kappa shape index (κ3) is 2.70. The predicted molar refractivity (Wildman–Crippen MR) is 71.9 cm³/mol. The predicted octanol–water partition coefficient (Wildman–Crippen LogP) is 2.72. The fraction of sp³-hybridized carbons (Fsp3) is 0.133. The molecule has 1 heterocycles. The number of allylic oxidation sites excluding steroid dienone is 4. The Morgan fingerprint density at radius 2 is 1.40 bits per heavy atom. The average Bonchev–Trinajstić information content (AvgIpc) is 2.49. The largest absolute Gasteiger partial charge is 0.256 e. The summed E-state index contributed by atoms with van der Waals surface area (Å²) in [5, 5.41) is 35.7. The van der Waals surface area contributed by atoms with Crippen LogP contribution in [0.5, 0.6) is 0 Å². The van der Waals surface area contributed by atoms with E-state index in [9.17, 15) is 0 Å². The number of aromatic nitrogens is 1. The van der Waals surface area contributed by atoms with E-state index in [0.29, 0.717) is 22.4 Å². The van der Waals surface area contributed by atoms with Crippen LogP contribution in [0.25, 0.3) is 11.1 Å². The van der Waals surface area contributed by atoms with Crippen LogP contribution in [-0.2, 0) is 0 Å². The summed E-state index contributed by atoms with van der Waals surface area (Å²) in [4.78, 5) is 4.15. The molecule has 0 atom stereocenters. The maximum absolute atomic E-state index is 8.92. The Kier molecular flexibility index (Phi) is 4.76. The summed E-state index contributed by atoms with van der Waals surface area (Å²) < 4.78 is 0. The monoisotopic (exact) mass is 259 g/mol. The molecule has 0 amide bonds. The Morgan fingerprint density at radius 3 is 1.90 bits per heavy atom. The molecule has 94 valence electrons. The number of pyridine rings is 1. The lowest BCUT2D eigenvalue weighted by atomic mass is 9.96. The molecule has 1 aromatic heterocycles. The second-order valence-electron chi connectivity index (χ2n) is 3.85. The highest BCUT2D eigenvalue weighted by Crippen LogP contribution is 2.26. The van der Waals surface area contributed by atoms with E-state index in [2.05, 4.69) is 4.98 Å². The SMILES string of the molecule is CC(=C(C#N)C#N)c1cccnc1C(C)=C(C#N)C#N. The molecule has 0 spiro atoms. The molecule has 0 aliphatic carbocycles. The fourth-order valence-corrected chi connectivity index (χ4v) is 1.65. The highest BCUT2D eigenvalue weighted by molar-refractivity contribution is 5.83. The van der Waals surface area contributed by atoms with Gasteiger partial charge in [-0.15, -0.1) is 0 Å². The van der Waals surface area contributed by atoms with Gasteiger partial charge in [-0.3, -0.25) is 4.98 Å². The van der Waals surface area contributed by atoms with Crippen LogP contribution in [0.2, 0.25) is 0 Å². The molecule has 1 rings (SSSR count). The molecule has 5 heteroatoms. The maximum Gasteiger partial charge on any atom is 0.134 e. The third-order valence-electron chi connectivity index (χ3n) is 2.76. The van der Waals surface area contributed by atoms with Gasteiger partial charge < -0.3 is 0 Å². The van der Waals surface area contributed by atoms with Crippen LogP contribution in [0.3, 0.4) is 0 Å². The van der Waals surface area contributed by atoms with E-state index >= 15 is 0 Å². The molecule has 0 N–H and O–H groups in total. The number of hydrogen-bond donors (Lipinski definition) is 0. The lowest BCUT2D eigenvalue weighted by Gasteiger charge is -2.09. The van der Waals surface area contributed by atoms with Crippen LogP contribution in [0.15, 0.2) is 29.5 Å². The lowest BCUT2D eigenvalue weighted by molar-refractivity contribution is 1.23. The molecule has 0 aliphatic rings. The minimum Gasteiger partial charge on any atom is -0.256 e. The molecule has 0 saturated carbocycles. The normalized spacial score (nSPS) is 8.30. The summed E-state index contributed by atoms with van der Waals surface area (Å²) in [7, 11) is 0. The molecule has 0 aliphatic heterocycles. The van der Waals surface area contributed by atoms with Gasteiger partial charge in [0.2, 0.25) is 0 Å². The Labute approximate surface area is 116 Å². The topological polar surface area (TPSA) is 108 Å². The van der Waals surface area contributed by atoms with Gasteiger partial charge in [-0.05, 0) is 25.5 Å². The van der Waals surface area contributed by atoms with E-state index in [1.54, 1.807) is 38.1 Å². The van der Waals surface area contributed by atoms with Crippen LogP contribution in [0, 0.1) is 45.3 Å².